The summed E-state index contributed by atoms with van der Waals surface area (Å²) in [4.78, 5) is 25.0. The maximum Gasteiger partial charge on any atom is 0.316 e. The molecule has 3 heterocycles. The van der Waals surface area contributed by atoms with E-state index in [1.54, 1.807) is 35.6 Å². The molecule has 7 heteroatoms. The summed E-state index contributed by atoms with van der Waals surface area (Å²) in [6.45, 7) is 1.29. The first-order chi connectivity index (χ1) is 10.2. The Balaban J connectivity index is 1.54. The predicted molar refractivity (Wildman–Crippen MR) is 77.4 cm³/mol. The molecule has 0 saturated carbocycles. The van der Waals surface area contributed by atoms with Crippen LogP contribution in [0.5, 0.6) is 6.01 Å². The molecule has 1 amide bonds. The minimum Gasteiger partial charge on any atom is -0.460 e. The van der Waals surface area contributed by atoms with E-state index < -0.39 is 0 Å². The predicted octanol–water partition coefficient (Wildman–Crippen LogP) is 2.14. The number of amides is 1. The molecule has 0 radical (unpaired) electrons. The number of carbonyl (C=O) groups is 1. The first kappa shape index (κ1) is 13.9. The van der Waals surface area contributed by atoms with Gasteiger partial charge in [-0.3, -0.25) is 4.79 Å². The summed E-state index contributed by atoms with van der Waals surface area (Å²) in [7, 11) is 0. The van der Waals surface area contributed by atoms with Gasteiger partial charge < -0.3 is 14.6 Å². The highest BCUT2D eigenvalue weighted by atomic mass is 35.5. The fourth-order valence-electron chi connectivity index (χ4n) is 2.33. The van der Waals surface area contributed by atoms with E-state index >= 15 is 0 Å². The summed E-state index contributed by atoms with van der Waals surface area (Å²) in [5.74, 6) is -0.0312. The van der Waals surface area contributed by atoms with Crippen LogP contribution >= 0.6 is 11.6 Å². The van der Waals surface area contributed by atoms with Crippen LogP contribution in [0.4, 0.5) is 0 Å². The summed E-state index contributed by atoms with van der Waals surface area (Å²) in [5.41, 5.74) is 0.519. The average Bonchev–Trinajstić information content (AvgIpc) is 2.95. The third-order valence-corrected chi connectivity index (χ3v) is 3.64. The molecule has 0 aliphatic carbocycles. The molecular weight excluding hydrogens is 292 g/mol. The quantitative estimate of drug-likeness (QED) is 0.943. The second kappa shape index (κ2) is 6.13. The van der Waals surface area contributed by atoms with E-state index in [1.165, 1.54) is 0 Å². The van der Waals surface area contributed by atoms with Gasteiger partial charge in [-0.05, 0) is 12.1 Å². The minimum atomic E-state index is -0.0312. The van der Waals surface area contributed by atoms with Crippen molar-refractivity contribution in [1.82, 2.24) is 19.9 Å². The van der Waals surface area contributed by atoms with Crippen LogP contribution in [0, 0.1) is 0 Å². The molecule has 2 aromatic heterocycles. The third kappa shape index (κ3) is 3.33. The van der Waals surface area contributed by atoms with Crippen LogP contribution in [-0.4, -0.2) is 45.0 Å². The first-order valence-corrected chi connectivity index (χ1v) is 7.17. The van der Waals surface area contributed by atoms with Gasteiger partial charge in [0.05, 0.1) is 5.02 Å². The molecule has 0 bridgehead atoms. The topological polar surface area (TPSA) is 71.1 Å². The number of rotatable bonds is 3. The van der Waals surface area contributed by atoms with Crippen molar-refractivity contribution in [3.63, 3.8) is 0 Å². The Bertz CT molecular complexity index is 608. The number of hydrogen-bond donors (Lipinski definition) is 1. The fourth-order valence-corrected chi connectivity index (χ4v) is 2.50. The van der Waals surface area contributed by atoms with E-state index in [0.717, 1.165) is 12.8 Å². The Morgan fingerprint density at radius 3 is 2.67 bits per heavy atom. The van der Waals surface area contributed by atoms with Gasteiger partial charge in [-0.1, -0.05) is 11.6 Å². The maximum absolute atomic E-state index is 12.2. The van der Waals surface area contributed by atoms with E-state index in [0.29, 0.717) is 29.8 Å². The van der Waals surface area contributed by atoms with Gasteiger partial charge in [-0.15, -0.1) is 0 Å². The van der Waals surface area contributed by atoms with Crippen LogP contribution in [0.1, 0.15) is 23.3 Å². The van der Waals surface area contributed by atoms with Crippen LogP contribution in [0.15, 0.2) is 30.7 Å². The van der Waals surface area contributed by atoms with Gasteiger partial charge in [-0.25, -0.2) is 9.97 Å². The Labute approximate surface area is 127 Å². The molecule has 1 N–H and O–H groups in total. The zero-order valence-corrected chi connectivity index (χ0v) is 12.1. The van der Waals surface area contributed by atoms with Crippen molar-refractivity contribution < 1.29 is 9.53 Å². The molecule has 0 aromatic carbocycles. The molecule has 110 valence electrons. The summed E-state index contributed by atoms with van der Waals surface area (Å²) in [6, 6.07) is 3.78. The van der Waals surface area contributed by atoms with E-state index in [1.807, 2.05) is 0 Å². The van der Waals surface area contributed by atoms with Gasteiger partial charge in [0, 0.05) is 44.5 Å². The SMILES string of the molecule is O=C(c1cc(Cl)c[nH]1)N1CCC(Oc2ncccn2)CC1. The van der Waals surface area contributed by atoms with Gasteiger partial charge in [0.2, 0.25) is 0 Å². The number of ether oxygens (including phenoxy) is 1. The molecule has 3 rings (SSSR count). The van der Waals surface area contributed by atoms with E-state index in [2.05, 4.69) is 15.0 Å². The number of H-pyrrole nitrogens is 1. The van der Waals surface area contributed by atoms with Crippen molar-refractivity contribution in [3.05, 3.63) is 41.4 Å². The molecule has 21 heavy (non-hydrogen) atoms. The van der Waals surface area contributed by atoms with Crippen LogP contribution < -0.4 is 4.74 Å². The standard InChI is InChI=1S/C14H15ClN4O2/c15-10-8-12(18-9-10)13(20)19-6-2-11(3-7-19)21-14-16-4-1-5-17-14/h1,4-5,8-9,11,18H,2-3,6-7H2. The molecule has 0 spiro atoms. The number of aromatic nitrogens is 3. The normalized spacial score (nSPS) is 16.0. The van der Waals surface area contributed by atoms with Gasteiger partial charge in [0.1, 0.15) is 11.8 Å². The van der Waals surface area contributed by atoms with E-state index in [9.17, 15) is 4.79 Å². The summed E-state index contributed by atoms with van der Waals surface area (Å²) >= 11 is 5.82. The zero-order valence-electron chi connectivity index (χ0n) is 11.3. The lowest BCUT2D eigenvalue weighted by atomic mass is 10.1. The highest BCUT2D eigenvalue weighted by molar-refractivity contribution is 6.30. The van der Waals surface area contributed by atoms with E-state index in [4.69, 9.17) is 16.3 Å². The van der Waals surface area contributed by atoms with Crippen LogP contribution in [-0.2, 0) is 0 Å². The highest BCUT2D eigenvalue weighted by Crippen LogP contribution is 2.18. The van der Waals surface area contributed by atoms with E-state index in [-0.39, 0.29) is 12.0 Å². The van der Waals surface area contributed by atoms with Crippen molar-refractivity contribution in [2.24, 2.45) is 0 Å². The molecule has 6 nitrogen and oxygen atoms in total. The highest BCUT2D eigenvalue weighted by Gasteiger charge is 2.25. The number of likely N-dealkylation sites (tertiary alicyclic amines) is 1. The average molecular weight is 307 g/mol. The number of piperidine rings is 1. The van der Waals surface area contributed by atoms with Crippen molar-refractivity contribution in [2.45, 2.75) is 18.9 Å². The lowest BCUT2D eigenvalue weighted by Gasteiger charge is -2.31. The Morgan fingerprint density at radius 2 is 2.05 bits per heavy atom. The Hall–Kier alpha value is -2.08. The molecule has 1 aliphatic heterocycles. The monoisotopic (exact) mass is 306 g/mol. The smallest absolute Gasteiger partial charge is 0.316 e. The van der Waals surface area contributed by atoms with Crippen molar-refractivity contribution in [1.29, 1.82) is 0 Å². The lowest BCUT2D eigenvalue weighted by molar-refractivity contribution is 0.0574. The molecule has 0 atom stereocenters. The Kier molecular flexibility index (Phi) is 4.06. The summed E-state index contributed by atoms with van der Waals surface area (Å²) in [5, 5.41) is 0.540. The fraction of sp³-hybridized carbons (Fsp3) is 0.357. The van der Waals surface area contributed by atoms with Crippen molar-refractivity contribution in [2.75, 3.05) is 13.1 Å². The zero-order chi connectivity index (χ0) is 14.7. The van der Waals surface area contributed by atoms with Crippen LogP contribution in [0.25, 0.3) is 0 Å². The molecule has 1 saturated heterocycles. The second-order valence-corrected chi connectivity index (χ2v) is 5.31. The van der Waals surface area contributed by atoms with Crippen molar-refractivity contribution in [3.8, 4) is 6.01 Å². The Morgan fingerprint density at radius 1 is 1.33 bits per heavy atom. The number of halogens is 1. The van der Waals surface area contributed by atoms with Gasteiger partial charge in [0.25, 0.3) is 5.91 Å². The summed E-state index contributed by atoms with van der Waals surface area (Å²) in [6.07, 6.45) is 6.48. The number of carbonyl (C=O) groups excluding carboxylic acids is 1. The van der Waals surface area contributed by atoms with Gasteiger partial charge in [0.15, 0.2) is 0 Å². The van der Waals surface area contributed by atoms with Crippen molar-refractivity contribution >= 4 is 17.5 Å². The largest absolute Gasteiger partial charge is 0.460 e. The third-order valence-electron chi connectivity index (χ3n) is 3.42. The minimum absolute atomic E-state index is 0.0312. The number of hydrogen-bond acceptors (Lipinski definition) is 4. The molecule has 1 aliphatic rings. The number of nitrogens with one attached hydrogen (secondary N) is 1. The number of aromatic amines is 1. The molecule has 1 fully saturated rings. The molecule has 0 unspecified atom stereocenters. The van der Waals surface area contributed by atoms with Crippen LogP contribution in [0.2, 0.25) is 5.02 Å². The lowest BCUT2D eigenvalue weighted by Crippen LogP contribution is -2.42. The van der Waals surface area contributed by atoms with Gasteiger partial charge >= 0.3 is 6.01 Å². The maximum atomic E-state index is 12.2. The molecular formula is C14H15ClN4O2. The summed E-state index contributed by atoms with van der Waals surface area (Å²) < 4.78 is 5.70. The first-order valence-electron chi connectivity index (χ1n) is 6.79. The number of nitrogens with zero attached hydrogens (tertiary/aromatic N) is 3. The molecule has 2 aromatic rings. The van der Waals surface area contributed by atoms with Gasteiger partial charge in [-0.2, -0.15) is 0 Å². The second-order valence-electron chi connectivity index (χ2n) is 4.87. The van der Waals surface area contributed by atoms with Crippen LogP contribution in [0.3, 0.4) is 0 Å².